The molecule has 2 aromatic heterocycles. The Kier molecular flexibility index (Phi) is 3.22. The van der Waals surface area contributed by atoms with E-state index < -0.39 is 0 Å². The zero-order chi connectivity index (χ0) is 15.8. The fraction of sp³-hybridized carbons (Fsp3) is 0.0526. The predicted molar refractivity (Wildman–Crippen MR) is 96.0 cm³/mol. The number of nitrogens with zero attached hydrogens (tertiary/aromatic N) is 3. The first-order chi connectivity index (χ1) is 11.3. The van der Waals surface area contributed by atoms with Gasteiger partial charge in [0, 0.05) is 29.7 Å². The molecule has 0 aliphatic heterocycles. The Balaban J connectivity index is 1.88. The maximum atomic E-state index is 9.59. The number of thiazole rings is 1. The van der Waals surface area contributed by atoms with Crippen molar-refractivity contribution in [2.75, 3.05) is 0 Å². The number of benzene rings is 2. The van der Waals surface area contributed by atoms with Gasteiger partial charge in [0.05, 0.1) is 15.8 Å². The highest BCUT2D eigenvalue weighted by Gasteiger charge is 2.10. The molecule has 2 aromatic carbocycles. The lowest BCUT2D eigenvalue weighted by molar-refractivity contribution is 0.968. The zero-order valence-corrected chi connectivity index (χ0v) is 13.3. The van der Waals surface area contributed by atoms with Crippen LogP contribution in [0.1, 0.15) is 10.6 Å². The fourth-order valence-corrected chi connectivity index (χ4v) is 3.70. The molecule has 4 aromatic rings. The summed E-state index contributed by atoms with van der Waals surface area (Å²) < 4.78 is 3.18. The number of hydrogen-bond donors (Lipinski definition) is 0. The summed E-state index contributed by atoms with van der Waals surface area (Å²) in [5.74, 6) is 0. The van der Waals surface area contributed by atoms with Gasteiger partial charge in [-0.15, -0.1) is 11.3 Å². The first-order valence-corrected chi connectivity index (χ1v) is 8.10. The van der Waals surface area contributed by atoms with Crippen LogP contribution in [0.25, 0.3) is 32.8 Å². The average Bonchev–Trinajstić information content (AvgIpc) is 3.14. The number of hydrogen-bond acceptors (Lipinski definition) is 3. The van der Waals surface area contributed by atoms with Gasteiger partial charge in [-0.2, -0.15) is 5.26 Å². The smallest absolute Gasteiger partial charge is 0.135 e. The van der Waals surface area contributed by atoms with Gasteiger partial charge < -0.3 is 4.57 Å². The maximum absolute atomic E-state index is 9.59. The minimum absolute atomic E-state index is 0.600. The Morgan fingerprint density at radius 3 is 2.78 bits per heavy atom. The highest BCUT2D eigenvalue weighted by atomic mass is 32.1. The molecule has 23 heavy (non-hydrogen) atoms. The van der Waals surface area contributed by atoms with Crippen molar-refractivity contribution < 1.29 is 0 Å². The highest BCUT2D eigenvalue weighted by molar-refractivity contribution is 7.19. The number of aryl methyl sites for hydroxylation is 1. The van der Waals surface area contributed by atoms with E-state index >= 15 is 0 Å². The molecular weight excluding hydrogens is 302 g/mol. The molecule has 0 atom stereocenters. The normalized spacial score (nSPS) is 11.9. The van der Waals surface area contributed by atoms with Gasteiger partial charge in [0.15, 0.2) is 0 Å². The molecular formula is C19H13N3S. The summed E-state index contributed by atoms with van der Waals surface area (Å²) in [5, 5.41) is 11.5. The number of nitriles is 1. The summed E-state index contributed by atoms with van der Waals surface area (Å²) in [6, 6.07) is 18.5. The molecule has 0 amide bonds. The van der Waals surface area contributed by atoms with E-state index in [1.165, 1.54) is 0 Å². The number of aromatic nitrogens is 2. The molecule has 0 radical (unpaired) electrons. The van der Waals surface area contributed by atoms with Crippen LogP contribution in [0.5, 0.6) is 0 Å². The van der Waals surface area contributed by atoms with Crippen LogP contribution in [-0.4, -0.2) is 9.55 Å². The van der Waals surface area contributed by atoms with Crippen LogP contribution in [0.3, 0.4) is 0 Å². The van der Waals surface area contributed by atoms with Gasteiger partial charge in [-0.25, -0.2) is 4.98 Å². The topological polar surface area (TPSA) is 41.6 Å². The molecule has 4 heteroatoms. The molecule has 0 aliphatic rings. The number of allylic oxidation sites excluding steroid dienone is 1. The van der Waals surface area contributed by atoms with Gasteiger partial charge in [0.25, 0.3) is 0 Å². The van der Waals surface area contributed by atoms with Crippen LogP contribution in [-0.2, 0) is 7.05 Å². The van der Waals surface area contributed by atoms with Crippen molar-refractivity contribution in [3.63, 3.8) is 0 Å². The predicted octanol–water partition coefficient (Wildman–Crippen LogP) is 4.85. The average molecular weight is 315 g/mol. The third-order valence-corrected chi connectivity index (χ3v) is 4.94. The summed E-state index contributed by atoms with van der Waals surface area (Å²) in [6.07, 6.45) is 3.98. The van der Waals surface area contributed by atoms with Crippen molar-refractivity contribution in [2.45, 2.75) is 0 Å². The lowest BCUT2D eigenvalue weighted by atomic mass is 10.1. The molecule has 0 unspecified atom stereocenters. The quantitative estimate of drug-likeness (QED) is 0.496. The molecule has 0 saturated heterocycles. The largest absolute Gasteiger partial charge is 0.350 e. The lowest BCUT2D eigenvalue weighted by Crippen LogP contribution is -1.82. The van der Waals surface area contributed by atoms with E-state index in [0.717, 1.165) is 31.7 Å². The van der Waals surface area contributed by atoms with Crippen LogP contribution in [0.2, 0.25) is 0 Å². The minimum Gasteiger partial charge on any atom is -0.350 e. The Labute approximate surface area is 137 Å². The molecule has 4 rings (SSSR count). The summed E-state index contributed by atoms with van der Waals surface area (Å²) in [7, 11) is 2.02. The van der Waals surface area contributed by atoms with Gasteiger partial charge in [-0.3, -0.25) is 0 Å². The van der Waals surface area contributed by atoms with E-state index in [0.29, 0.717) is 5.57 Å². The zero-order valence-electron chi connectivity index (χ0n) is 12.5. The van der Waals surface area contributed by atoms with Crippen molar-refractivity contribution in [3.05, 3.63) is 65.3 Å². The Hall–Kier alpha value is -2.90. The van der Waals surface area contributed by atoms with Crippen LogP contribution in [0.4, 0.5) is 0 Å². The van der Waals surface area contributed by atoms with Gasteiger partial charge >= 0.3 is 0 Å². The van der Waals surface area contributed by atoms with Gasteiger partial charge in [-0.1, -0.05) is 30.3 Å². The Morgan fingerprint density at radius 1 is 1.17 bits per heavy atom. The maximum Gasteiger partial charge on any atom is 0.135 e. The van der Waals surface area contributed by atoms with E-state index in [4.69, 9.17) is 0 Å². The third-order valence-electron chi connectivity index (χ3n) is 3.87. The van der Waals surface area contributed by atoms with Gasteiger partial charge in [-0.05, 0) is 24.3 Å². The van der Waals surface area contributed by atoms with Crippen LogP contribution in [0.15, 0.2) is 54.7 Å². The second-order valence-electron chi connectivity index (χ2n) is 5.37. The van der Waals surface area contributed by atoms with Crippen molar-refractivity contribution in [3.8, 4) is 6.07 Å². The Bertz CT molecular complexity index is 1060. The summed E-state index contributed by atoms with van der Waals surface area (Å²) in [4.78, 5) is 4.59. The summed E-state index contributed by atoms with van der Waals surface area (Å²) >= 11 is 1.55. The number of rotatable bonds is 2. The van der Waals surface area contributed by atoms with Crippen molar-refractivity contribution in [1.29, 1.82) is 5.26 Å². The van der Waals surface area contributed by atoms with E-state index in [1.807, 2.05) is 49.5 Å². The lowest BCUT2D eigenvalue weighted by Gasteiger charge is -1.94. The van der Waals surface area contributed by atoms with Crippen molar-refractivity contribution >= 4 is 44.1 Å². The van der Waals surface area contributed by atoms with E-state index in [9.17, 15) is 5.26 Å². The fourth-order valence-electron chi connectivity index (χ4n) is 2.77. The third kappa shape index (κ3) is 2.32. The number of fused-ring (bicyclic) bond motifs is 2. The standard InChI is InChI=1S/C19H13N3S/c1-22-12-14(15-6-2-4-8-17(15)22)10-13(11-20)19-21-16-7-3-5-9-18(16)23-19/h2-10,12H,1H3/b13-10+. The molecule has 0 bridgehead atoms. The molecule has 110 valence electrons. The van der Waals surface area contributed by atoms with Crippen molar-refractivity contribution in [1.82, 2.24) is 9.55 Å². The molecule has 2 heterocycles. The van der Waals surface area contributed by atoms with Gasteiger partial charge in [0.1, 0.15) is 11.1 Å². The summed E-state index contributed by atoms with van der Waals surface area (Å²) in [5.41, 5.74) is 3.73. The first kappa shape index (κ1) is 13.7. The Morgan fingerprint density at radius 2 is 1.96 bits per heavy atom. The molecule has 0 N–H and O–H groups in total. The molecule has 0 saturated carbocycles. The molecule has 0 aliphatic carbocycles. The van der Waals surface area contributed by atoms with E-state index in [2.05, 4.69) is 33.9 Å². The van der Waals surface area contributed by atoms with E-state index in [-0.39, 0.29) is 0 Å². The minimum atomic E-state index is 0.600. The second kappa shape index (κ2) is 5.38. The first-order valence-electron chi connectivity index (χ1n) is 7.28. The van der Waals surface area contributed by atoms with Crippen molar-refractivity contribution in [2.24, 2.45) is 7.05 Å². The second-order valence-corrected chi connectivity index (χ2v) is 6.40. The number of para-hydroxylation sites is 2. The van der Waals surface area contributed by atoms with Crippen LogP contribution >= 0.6 is 11.3 Å². The molecule has 0 fully saturated rings. The molecule has 3 nitrogen and oxygen atoms in total. The van der Waals surface area contributed by atoms with Crippen LogP contribution in [0, 0.1) is 11.3 Å². The highest BCUT2D eigenvalue weighted by Crippen LogP contribution is 2.30. The summed E-state index contributed by atoms with van der Waals surface area (Å²) in [6.45, 7) is 0. The molecule has 0 spiro atoms. The van der Waals surface area contributed by atoms with Crippen LogP contribution < -0.4 is 0 Å². The van der Waals surface area contributed by atoms with E-state index in [1.54, 1.807) is 11.3 Å². The monoisotopic (exact) mass is 315 g/mol. The SMILES string of the molecule is Cn1cc(/C=C(\C#N)c2nc3ccccc3s2)c2ccccc21. The van der Waals surface area contributed by atoms with Gasteiger partial charge in [0.2, 0.25) is 0 Å².